The van der Waals surface area contributed by atoms with Crippen molar-refractivity contribution in [1.29, 1.82) is 0 Å². The molecule has 1 saturated heterocycles. The number of benzene rings is 1. The molecule has 6 heteroatoms. The zero-order valence-electron chi connectivity index (χ0n) is 19.9. The Balaban J connectivity index is 1.42. The van der Waals surface area contributed by atoms with Gasteiger partial charge in [0.1, 0.15) is 17.2 Å². The number of urea groups is 1. The van der Waals surface area contributed by atoms with E-state index in [-0.39, 0.29) is 11.8 Å². The van der Waals surface area contributed by atoms with E-state index in [1.54, 1.807) is 16.5 Å². The minimum absolute atomic E-state index is 0.269. The van der Waals surface area contributed by atoms with Crippen molar-refractivity contribution >= 4 is 17.6 Å². The first-order valence-corrected chi connectivity index (χ1v) is 12.9. The van der Waals surface area contributed by atoms with E-state index in [0.29, 0.717) is 17.8 Å². The molecule has 2 atom stereocenters. The highest BCUT2D eigenvalue weighted by molar-refractivity contribution is 6.16. The summed E-state index contributed by atoms with van der Waals surface area (Å²) < 4.78 is 14.2. The van der Waals surface area contributed by atoms with Gasteiger partial charge in [-0.05, 0) is 76.5 Å². The summed E-state index contributed by atoms with van der Waals surface area (Å²) in [5, 5.41) is 3.70. The van der Waals surface area contributed by atoms with Crippen LogP contribution >= 0.6 is 0 Å². The number of carbonyl (C=O) groups excluding carboxylic acids is 1. The summed E-state index contributed by atoms with van der Waals surface area (Å²) in [5.74, 6) is 0.492. The van der Waals surface area contributed by atoms with Crippen LogP contribution in [0.4, 0.5) is 14.9 Å². The van der Waals surface area contributed by atoms with Gasteiger partial charge in [-0.3, -0.25) is 9.80 Å². The highest BCUT2D eigenvalue weighted by Gasteiger charge is 2.53. The number of allylic oxidation sites excluding steroid dienone is 1. The molecule has 2 aliphatic heterocycles. The second-order valence-electron chi connectivity index (χ2n) is 10.5. The third-order valence-corrected chi connectivity index (χ3v) is 8.14. The lowest BCUT2D eigenvalue weighted by atomic mass is 9.80. The van der Waals surface area contributed by atoms with Crippen molar-refractivity contribution in [2.75, 3.05) is 18.0 Å². The molecule has 0 aromatic heterocycles. The zero-order chi connectivity index (χ0) is 22.8. The Morgan fingerprint density at radius 1 is 1.18 bits per heavy atom. The monoisotopic (exact) mass is 452 g/mol. The SMILES string of the molecule is CC1CC2(CCN1CC1=CCCCC1)C(NC1CCCCC1)=NC(=O)N2c1cccc(F)c1. The molecule has 33 heavy (non-hydrogen) atoms. The molecular weight excluding hydrogens is 415 g/mol. The Hall–Kier alpha value is -2.21. The second kappa shape index (κ2) is 9.57. The van der Waals surface area contributed by atoms with Crippen molar-refractivity contribution in [3.8, 4) is 0 Å². The van der Waals surface area contributed by atoms with E-state index >= 15 is 0 Å². The van der Waals surface area contributed by atoms with Crippen LogP contribution in [0.1, 0.15) is 77.6 Å². The van der Waals surface area contributed by atoms with Crippen molar-refractivity contribution < 1.29 is 9.18 Å². The average molecular weight is 453 g/mol. The van der Waals surface area contributed by atoms with Gasteiger partial charge >= 0.3 is 6.03 Å². The van der Waals surface area contributed by atoms with Gasteiger partial charge in [-0.25, -0.2) is 9.18 Å². The fourth-order valence-corrected chi connectivity index (χ4v) is 6.35. The van der Waals surface area contributed by atoms with Gasteiger partial charge in [0.15, 0.2) is 0 Å². The van der Waals surface area contributed by atoms with E-state index < -0.39 is 5.54 Å². The third kappa shape index (κ3) is 4.59. The molecular formula is C27H37FN4O. The molecule has 2 unspecified atom stereocenters. The molecule has 2 aliphatic carbocycles. The van der Waals surface area contributed by atoms with Gasteiger partial charge in [0.05, 0.1) is 0 Å². The number of hydrogen-bond acceptors (Lipinski definition) is 3. The van der Waals surface area contributed by atoms with E-state index in [1.807, 2.05) is 6.07 Å². The molecule has 5 nitrogen and oxygen atoms in total. The second-order valence-corrected chi connectivity index (χ2v) is 10.5. The number of nitrogens with one attached hydrogen (secondary N) is 1. The summed E-state index contributed by atoms with van der Waals surface area (Å²) in [7, 11) is 0. The number of carbonyl (C=O) groups is 1. The van der Waals surface area contributed by atoms with Gasteiger partial charge in [0.2, 0.25) is 0 Å². The molecule has 2 fully saturated rings. The number of hydrogen-bond donors (Lipinski definition) is 1. The smallest absolute Gasteiger partial charge is 0.350 e. The fraction of sp³-hybridized carbons (Fsp3) is 0.630. The molecule has 2 amide bonds. The van der Waals surface area contributed by atoms with Crippen LogP contribution in [0, 0.1) is 5.82 Å². The molecule has 5 rings (SSSR count). The van der Waals surface area contributed by atoms with Crippen molar-refractivity contribution in [2.45, 2.75) is 95.2 Å². The minimum Gasteiger partial charge on any atom is -0.369 e. The van der Waals surface area contributed by atoms with Gasteiger partial charge in [-0.2, -0.15) is 4.99 Å². The summed E-state index contributed by atoms with van der Waals surface area (Å²) in [4.78, 5) is 22.2. The maximum Gasteiger partial charge on any atom is 0.350 e. The van der Waals surface area contributed by atoms with Gasteiger partial charge in [-0.15, -0.1) is 0 Å². The molecule has 1 saturated carbocycles. The number of aliphatic imine (C=N–C) groups is 1. The number of halogens is 1. The number of piperidine rings is 1. The molecule has 2 heterocycles. The van der Waals surface area contributed by atoms with Crippen LogP contribution in [0.25, 0.3) is 0 Å². The molecule has 1 N–H and O–H groups in total. The first-order valence-electron chi connectivity index (χ1n) is 12.9. The number of amides is 2. The third-order valence-electron chi connectivity index (χ3n) is 8.14. The average Bonchev–Trinajstić information content (AvgIpc) is 3.07. The van der Waals surface area contributed by atoms with Crippen LogP contribution in [0.15, 0.2) is 40.9 Å². The molecule has 1 aromatic carbocycles. The maximum absolute atomic E-state index is 14.2. The molecule has 4 aliphatic rings. The quantitative estimate of drug-likeness (QED) is 0.587. The highest BCUT2D eigenvalue weighted by Crippen LogP contribution is 2.41. The van der Waals surface area contributed by atoms with E-state index in [0.717, 1.165) is 44.6 Å². The Kier molecular flexibility index (Phi) is 6.55. The zero-order valence-corrected chi connectivity index (χ0v) is 19.9. The summed E-state index contributed by atoms with van der Waals surface area (Å²) in [6.07, 6.45) is 15.0. The Labute approximate surface area is 197 Å². The predicted octanol–water partition coefficient (Wildman–Crippen LogP) is 5.81. The van der Waals surface area contributed by atoms with Gasteiger partial charge in [0, 0.05) is 30.9 Å². The van der Waals surface area contributed by atoms with Gasteiger partial charge < -0.3 is 5.32 Å². The number of rotatable bonds is 4. The van der Waals surface area contributed by atoms with Crippen LogP contribution < -0.4 is 10.2 Å². The Morgan fingerprint density at radius 2 is 2.03 bits per heavy atom. The first-order chi connectivity index (χ1) is 16.0. The van der Waals surface area contributed by atoms with E-state index in [9.17, 15) is 9.18 Å². The Bertz CT molecular complexity index is 938. The van der Waals surface area contributed by atoms with Crippen molar-refractivity contribution in [1.82, 2.24) is 10.2 Å². The van der Waals surface area contributed by atoms with Crippen LogP contribution in [0.2, 0.25) is 0 Å². The van der Waals surface area contributed by atoms with E-state index in [1.165, 1.54) is 57.1 Å². The van der Waals surface area contributed by atoms with Gasteiger partial charge in [0.25, 0.3) is 0 Å². The molecule has 1 aromatic rings. The van der Waals surface area contributed by atoms with Gasteiger partial charge in [-0.1, -0.05) is 37.0 Å². The molecule has 0 bridgehead atoms. The summed E-state index contributed by atoms with van der Waals surface area (Å²) >= 11 is 0. The molecule has 178 valence electrons. The highest BCUT2D eigenvalue weighted by atomic mass is 19.1. The van der Waals surface area contributed by atoms with Crippen LogP contribution in [-0.4, -0.2) is 47.5 Å². The number of amidine groups is 1. The number of likely N-dealkylation sites (tertiary alicyclic amines) is 1. The topological polar surface area (TPSA) is 47.9 Å². The molecule has 1 spiro atoms. The summed E-state index contributed by atoms with van der Waals surface area (Å²) in [5.41, 5.74) is 1.64. The largest absolute Gasteiger partial charge is 0.369 e. The van der Waals surface area contributed by atoms with Crippen molar-refractivity contribution in [2.24, 2.45) is 4.99 Å². The Morgan fingerprint density at radius 3 is 2.76 bits per heavy atom. The lowest BCUT2D eigenvalue weighted by Crippen LogP contribution is -2.64. The van der Waals surface area contributed by atoms with E-state index in [2.05, 4.69) is 28.2 Å². The van der Waals surface area contributed by atoms with Crippen LogP contribution in [-0.2, 0) is 0 Å². The van der Waals surface area contributed by atoms with Crippen LogP contribution in [0.5, 0.6) is 0 Å². The predicted molar refractivity (Wildman–Crippen MR) is 131 cm³/mol. The lowest BCUT2D eigenvalue weighted by Gasteiger charge is -2.49. The fourth-order valence-electron chi connectivity index (χ4n) is 6.35. The van der Waals surface area contributed by atoms with Crippen molar-refractivity contribution in [3.05, 3.63) is 41.7 Å². The van der Waals surface area contributed by atoms with E-state index in [4.69, 9.17) is 0 Å². The minimum atomic E-state index is -0.529. The summed E-state index contributed by atoms with van der Waals surface area (Å²) in [6, 6.07) is 6.84. The number of nitrogens with zero attached hydrogens (tertiary/aromatic N) is 3. The normalized spacial score (nSPS) is 29.3. The van der Waals surface area contributed by atoms with Crippen molar-refractivity contribution in [3.63, 3.8) is 0 Å². The standard InChI is InChI=1S/C27H37FN4O/c1-20-18-27(15-16-31(20)19-21-9-4-2-5-10-21)25(29-23-12-6-3-7-13-23)30-26(33)32(27)24-14-8-11-22(28)17-24/h8-9,11,14,17,20,23H,2-7,10,12-13,15-16,18-19H2,1H3,(H,29,30,33). The number of anilines is 1. The lowest BCUT2D eigenvalue weighted by molar-refractivity contribution is 0.138. The first kappa shape index (κ1) is 22.6. The maximum atomic E-state index is 14.2. The summed E-state index contributed by atoms with van der Waals surface area (Å²) in [6.45, 7) is 4.20. The van der Waals surface area contributed by atoms with Crippen LogP contribution in [0.3, 0.4) is 0 Å². The molecule has 0 radical (unpaired) electrons.